The summed E-state index contributed by atoms with van der Waals surface area (Å²) in [5.41, 5.74) is 4.65. The van der Waals surface area contributed by atoms with Gasteiger partial charge in [0.1, 0.15) is 11.4 Å². The van der Waals surface area contributed by atoms with Crippen molar-refractivity contribution in [2.24, 2.45) is 7.05 Å². The largest absolute Gasteiger partial charge is 0.489 e. The maximum Gasteiger partial charge on any atom is 0.333 e. The molecule has 0 amide bonds. The van der Waals surface area contributed by atoms with Gasteiger partial charge in [-0.05, 0) is 70.5 Å². The molecule has 4 aromatic heterocycles. The van der Waals surface area contributed by atoms with Crippen LogP contribution in [-0.2, 0) is 12.6 Å². The van der Waals surface area contributed by atoms with E-state index in [9.17, 15) is 9.90 Å². The van der Waals surface area contributed by atoms with Crippen LogP contribution in [0.15, 0.2) is 59.8 Å². The van der Waals surface area contributed by atoms with Crippen LogP contribution in [0, 0.1) is 6.92 Å². The number of rotatable bonds is 5. The zero-order chi connectivity index (χ0) is 25.8. The predicted molar refractivity (Wildman–Crippen MR) is 141 cm³/mol. The molecule has 0 radical (unpaired) electrons. The Morgan fingerprint density at radius 1 is 1.03 bits per heavy atom. The summed E-state index contributed by atoms with van der Waals surface area (Å²) in [6.45, 7) is 9.18. The van der Waals surface area contributed by atoms with Gasteiger partial charge in [-0.3, -0.25) is 24.1 Å². The van der Waals surface area contributed by atoms with Crippen LogP contribution in [0.3, 0.4) is 0 Å². The fourth-order valence-electron chi connectivity index (χ4n) is 4.44. The number of aromatic nitrogens is 5. The molecule has 36 heavy (non-hydrogen) atoms. The number of aryl methyl sites for hydroxylation is 2. The minimum Gasteiger partial charge on any atom is -0.489 e. The first-order chi connectivity index (χ1) is 17.0. The number of fused-ring (bicyclic) bond motifs is 3. The highest BCUT2D eigenvalue weighted by molar-refractivity contribution is 6.04. The maximum absolute atomic E-state index is 13.5. The SMILES string of the molecule is Cc1nc(C(C)(C)O)ccc1-n1c(=O)n(C)c2cnc3ccc(-c4cncc(OC(C)C)c4)cc3c21. The predicted octanol–water partition coefficient (Wildman–Crippen LogP) is 4.66. The third-order valence-corrected chi connectivity index (χ3v) is 6.23. The fourth-order valence-corrected chi connectivity index (χ4v) is 4.44. The molecule has 8 heteroatoms. The second-order valence-corrected chi connectivity index (χ2v) is 9.84. The smallest absolute Gasteiger partial charge is 0.333 e. The van der Waals surface area contributed by atoms with Crippen molar-refractivity contribution in [1.82, 2.24) is 24.1 Å². The van der Waals surface area contributed by atoms with E-state index >= 15 is 0 Å². The summed E-state index contributed by atoms with van der Waals surface area (Å²) in [6.07, 6.45) is 5.26. The summed E-state index contributed by atoms with van der Waals surface area (Å²) < 4.78 is 9.10. The average Bonchev–Trinajstić information content (AvgIpc) is 3.08. The van der Waals surface area contributed by atoms with Crippen LogP contribution in [0.4, 0.5) is 0 Å². The van der Waals surface area contributed by atoms with Crippen LogP contribution in [-0.4, -0.2) is 35.3 Å². The van der Waals surface area contributed by atoms with E-state index in [-0.39, 0.29) is 11.8 Å². The minimum atomic E-state index is -1.08. The molecule has 8 nitrogen and oxygen atoms in total. The molecule has 0 saturated carbocycles. The van der Waals surface area contributed by atoms with Crippen LogP contribution in [0.1, 0.15) is 39.1 Å². The Hall–Kier alpha value is -4.04. The van der Waals surface area contributed by atoms with E-state index in [1.165, 1.54) is 0 Å². The number of hydrogen-bond acceptors (Lipinski definition) is 6. The molecule has 0 bridgehead atoms. The van der Waals surface area contributed by atoms with Crippen LogP contribution in [0.25, 0.3) is 38.8 Å². The first-order valence-electron chi connectivity index (χ1n) is 11.9. The Morgan fingerprint density at radius 3 is 2.50 bits per heavy atom. The van der Waals surface area contributed by atoms with Gasteiger partial charge in [0.15, 0.2) is 0 Å². The molecule has 1 N–H and O–H groups in total. The maximum atomic E-state index is 13.5. The number of aliphatic hydroxyl groups is 1. The van der Waals surface area contributed by atoms with Crippen molar-refractivity contribution in [3.8, 4) is 22.6 Å². The van der Waals surface area contributed by atoms with Gasteiger partial charge in [-0.2, -0.15) is 0 Å². The first-order valence-corrected chi connectivity index (χ1v) is 11.9. The lowest BCUT2D eigenvalue weighted by Gasteiger charge is -2.18. The third kappa shape index (κ3) is 4.03. The highest BCUT2D eigenvalue weighted by Crippen LogP contribution is 2.31. The lowest BCUT2D eigenvalue weighted by Crippen LogP contribution is -2.23. The monoisotopic (exact) mass is 483 g/mol. The van der Waals surface area contributed by atoms with Crippen molar-refractivity contribution >= 4 is 21.9 Å². The Labute approximate surface area is 208 Å². The molecule has 0 atom stereocenters. The number of pyridine rings is 3. The summed E-state index contributed by atoms with van der Waals surface area (Å²) in [6, 6.07) is 11.5. The van der Waals surface area contributed by atoms with E-state index in [0.29, 0.717) is 28.3 Å². The molecule has 4 heterocycles. The Morgan fingerprint density at radius 2 is 1.81 bits per heavy atom. The van der Waals surface area contributed by atoms with Crippen molar-refractivity contribution < 1.29 is 9.84 Å². The van der Waals surface area contributed by atoms with Crippen LogP contribution in [0.2, 0.25) is 0 Å². The quantitative estimate of drug-likeness (QED) is 0.391. The minimum absolute atomic E-state index is 0.0425. The lowest BCUT2D eigenvalue weighted by atomic mass is 10.0. The fraction of sp³-hybridized carbons (Fsp3) is 0.286. The normalized spacial score (nSPS) is 12.1. The molecule has 0 fully saturated rings. The van der Waals surface area contributed by atoms with Gasteiger partial charge in [0.05, 0.1) is 52.1 Å². The Kier molecular flexibility index (Phi) is 5.64. The van der Waals surface area contributed by atoms with Crippen LogP contribution in [0.5, 0.6) is 5.75 Å². The van der Waals surface area contributed by atoms with E-state index in [4.69, 9.17) is 4.74 Å². The highest BCUT2D eigenvalue weighted by atomic mass is 16.5. The number of imidazole rings is 1. The molecule has 0 aliphatic rings. The van der Waals surface area contributed by atoms with Crippen LogP contribution >= 0.6 is 0 Å². The standard InChI is InChI=1S/C28H29N5O3/c1-16(2)36-20-11-19(13-29-14-20)18-7-8-22-21(12-18)26-24(15-30-22)32(6)27(34)33(26)23-9-10-25(28(4,5)35)31-17(23)3/h7-16,35H,1-6H3. The molecule has 5 aromatic rings. The molecule has 0 spiro atoms. The van der Waals surface area contributed by atoms with E-state index < -0.39 is 5.60 Å². The molecule has 184 valence electrons. The van der Waals surface area contributed by atoms with Gasteiger partial charge in [0, 0.05) is 24.2 Å². The summed E-state index contributed by atoms with van der Waals surface area (Å²) in [7, 11) is 1.74. The second-order valence-electron chi connectivity index (χ2n) is 9.84. The summed E-state index contributed by atoms with van der Waals surface area (Å²) >= 11 is 0. The highest BCUT2D eigenvalue weighted by Gasteiger charge is 2.22. The van der Waals surface area contributed by atoms with Crippen molar-refractivity contribution in [2.45, 2.75) is 46.3 Å². The van der Waals surface area contributed by atoms with Gasteiger partial charge in [-0.15, -0.1) is 0 Å². The second kappa shape index (κ2) is 8.57. The molecule has 0 aliphatic carbocycles. The van der Waals surface area contributed by atoms with Gasteiger partial charge >= 0.3 is 5.69 Å². The van der Waals surface area contributed by atoms with E-state index in [1.807, 2.05) is 51.1 Å². The van der Waals surface area contributed by atoms with Gasteiger partial charge in [-0.1, -0.05) is 6.07 Å². The summed E-state index contributed by atoms with van der Waals surface area (Å²) in [5, 5.41) is 11.2. The number of hydrogen-bond donors (Lipinski definition) is 1. The van der Waals surface area contributed by atoms with E-state index in [0.717, 1.165) is 27.5 Å². The third-order valence-electron chi connectivity index (χ3n) is 6.23. The molecule has 5 rings (SSSR count). The zero-order valence-electron chi connectivity index (χ0n) is 21.3. The molecule has 0 unspecified atom stereocenters. The molecule has 0 saturated heterocycles. The molecule has 1 aromatic carbocycles. The van der Waals surface area contributed by atoms with Crippen molar-refractivity contribution in [3.05, 3.63) is 76.9 Å². The Balaban J connectivity index is 1.76. The lowest BCUT2D eigenvalue weighted by molar-refractivity contribution is 0.0737. The molecular formula is C28H29N5O3. The zero-order valence-corrected chi connectivity index (χ0v) is 21.3. The first kappa shape index (κ1) is 23.7. The topological polar surface area (TPSA) is 95.1 Å². The van der Waals surface area contributed by atoms with Gasteiger partial charge in [0.25, 0.3) is 0 Å². The molecular weight excluding hydrogens is 454 g/mol. The number of benzene rings is 1. The number of nitrogens with zero attached hydrogens (tertiary/aromatic N) is 5. The van der Waals surface area contributed by atoms with Gasteiger partial charge < -0.3 is 9.84 Å². The van der Waals surface area contributed by atoms with E-state index in [1.54, 1.807) is 54.7 Å². The summed E-state index contributed by atoms with van der Waals surface area (Å²) in [4.78, 5) is 27.0. The average molecular weight is 484 g/mol. The van der Waals surface area contributed by atoms with Crippen molar-refractivity contribution in [2.75, 3.05) is 0 Å². The Bertz CT molecular complexity index is 1680. The molecule has 0 aliphatic heterocycles. The summed E-state index contributed by atoms with van der Waals surface area (Å²) in [5.74, 6) is 0.698. The van der Waals surface area contributed by atoms with Crippen molar-refractivity contribution in [3.63, 3.8) is 0 Å². The van der Waals surface area contributed by atoms with E-state index in [2.05, 4.69) is 15.0 Å². The number of ether oxygens (including phenoxy) is 1. The van der Waals surface area contributed by atoms with Crippen LogP contribution < -0.4 is 10.4 Å². The van der Waals surface area contributed by atoms with Gasteiger partial charge in [-0.25, -0.2) is 4.79 Å². The van der Waals surface area contributed by atoms with Gasteiger partial charge in [0.2, 0.25) is 0 Å². The van der Waals surface area contributed by atoms with Crippen molar-refractivity contribution in [1.29, 1.82) is 0 Å².